The minimum Gasteiger partial charge on any atom is -0.481 e. The Balaban J connectivity index is 1.68. The first-order valence-corrected chi connectivity index (χ1v) is 10.5. The van der Waals surface area contributed by atoms with E-state index in [0.29, 0.717) is 18.5 Å². The number of hydrogen-bond donors (Lipinski definition) is 3. The molecule has 1 aromatic rings. The molecule has 152 valence electrons. The molecule has 28 heavy (non-hydrogen) atoms. The second-order valence-electron chi connectivity index (χ2n) is 7.02. The first-order valence-electron chi connectivity index (χ1n) is 9.71. The van der Waals surface area contributed by atoms with Gasteiger partial charge in [-0.3, -0.25) is 19.1 Å². The molecule has 6 nitrogen and oxygen atoms in total. The number of nitrogens with one attached hydrogen (secondary N) is 2. The number of benzene rings is 1. The highest BCUT2D eigenvalue weighted by atomic mass is 32.2. The van der Waals surface area contributed by atoms with E-state index >= 15 is 0 Å². The molecule has 1 aliphatic rings. The van der Waals surface area contributed by atoms with Gasteiger partial charge in [0.15, 0.2) is 0 Å². The number of carbonyl (C=O) groups excluding carboxylic acids is 2. The molecule has 2 atom stereocenters. The number of hydrogen-bond acceptors (Lipinski definition) is 4. The Morgan fingerprint density at radius 1 is 1.11 bits per heavy atom. The van der Waals surface area contributed by atoms with Crippen molar-refractivity contribution in [3.05, 3.63) is 36.9 Å². The zero-order valence-corrected chi connectivity index (χ0v) is 16.8. The smallest absolute Gasteiger partial charge is 0.303 e. The molecular formula is C21H28N2O4S. The van der Waals surface area contributed by atoms with E-state index in [1.165, 1.54) is 11.9 Å². The lowest BCUT2D eigenvalue weighted by atomic mass is 10.1. The second-order valence-corrected chi connectivity index (χ2v) is 7.86. The molecule has 7 heteroatoms. The number of anilines is 1. The number of carboxylic acid groups (broad SMARTS) is 1. The Hall–Kier alpha value is -2.28. The average Bonchev–Trinajstić information content (AvgIpc) is 3.46. The summed E-state index contributed by atoms with van der Waals surface area (Å²) in [6.07, 6.45) is 7.48. The van der Waals surface area contributed by atoms with Gasteiger partial charge in [0.1, 0.15) is 0 Å². The molecule has 0 bridgehead atoms. The fourth-order valence-corrected chi connectivity index (χ4v) is 3.66. The Kier molecular flexibility index (Phi) is 9.07. The van der Waals surface area contributed by atoms with Crippen molar-refractivity contribution in [1.82, 2.24) is 4.72 Å². The third kappa shape index (κ3) is 7.76. The molecule has 0 heterocycles. The summed E-state index contributed by atoms with van der Waals surface area (Å²) in [5.41, 5.74) is 0.690. The van der Waals surface area contributed by atoms with Crippen LogP contribution in [0.3, 0.4) is 0 Å². The third-order valence-electron chi connectivity index (χ3n) is 4.70. The number of aliphatic carboxylic acids is 1. The maximum Gasteiger partial charge on any atom is 0.303 e. The van der Waals surface area contributed by atoms with Gasteiger partial charge >= 0.3 is 5.97 Å². The SMILES string of the molecule is C=C[C@@H]1CC1C(=O)NSc1ccccc1NC(=O)CCCCCCCC(=O)O. The van der Waals surface area contributed by atoms with Gasteiger partial charge in [-0.25, -0.2) is 0 Å². The largest absolute Gasteiger partial charge is 0.481 e. The maximum absolute atomic E-state index is 12.2. The van der Waals surface area contributed by atoms with E-state index in [1.54, 1.807) is 0 Å². The van der Waals surface area contributed by atoms with E-state index in [-0.39, 0.29) is 30.1 Å². The number of rotatable bonds is 13. The van der Waals surface area contributed by atoms with Crippen molar-refractivity contribution in [2.45, 2.75) is 56.3 Å². The maximum atomic E-state index is 12.2. The number of allylic oxidation sites excluding steroid dienone is 1. The molecule has 0 saturated heterocycles. The fraction of sp³-hybridized carbons (Fsp3) is 0.476. The lowest BCUT2D eigenvalue weighted by Gasteiger charge is -2.11. The summed E-state index contributed by atoms with van der Waals surface area (Å²) >= 11 is 1.22. The van der Waals surface area contributed by atoms with Crippen LogP contribution >= 0.6 is 11.9 Å². The van der Waals surface area contributed by atoms with Gasteiger partial charge in [0, 0.05) is 18.8 Å². The lowest BCUT2D eigenvalue weighted by Crippen LogP contribution is -2.19. The summed E-state index contributed by atoms with van der Waals surface area (Å²) in [6, 6.07) is 7.40. The van der Waals surface area contributed by atoms with Crippen molar-refractivity contribution in [3.8, 4) is 0 Å². The summed E-state index contributed by atoms with van der Waals surface area (Å²) in [6.45, 7) is 3.71. The standard InChI is InChI=1S/C21H28N2O4S/c1-2-15-14-16(15)21(27)23-28-18-11-9-8-10-17(18)22-19(24)12-6-4-3-5-7-13-20(25)26/h2,8-11,15-16H,1,3-7,12-14H2,(H,22,24)(H,23,27)(H,25,26)/t15-,16?/m1/s1. The second kappa shape index (κ2) is 11.5. The van der Waals surface area contributed by atoms with Gasteiger partial charge in [0.25, 0.3) is 0 Å². The molecule has 1 saturated carbocycles. The topological polar surface area (TPSA) is 95.5 Å². The van der Waals surface area contributed by atoms with Crippen LogP contribution in [0.15, 0.2) is 41.8 Å². The molecule has 0 spiro atoms. The van der Waals surface area contributed by atoms with E-state index in [9.17, 15) is 14.4 Å². The minimum absolute atomic E-state index is 0.000993. The van der Waals surface area contributed by atoms with Crippen LogP contribution in [0, 0.1) is 11.8 Å². The highest BCUT2D eigenvalue weighted by Crippen LogP contribution is 2.40. The monoisotopic (exact) mass is 404 g/mol. The van der Waals surface area contributed by atoms with Crippen LogP contribution in [-0.2, 0) is 14.4 Å². The summed E-state index contributed by atoms with van der Waals surface area (Å²) in [5.74, 6) is -0.524. The summed E-state index contributed by atoms with van der Waals surface area (Å²) in [4.78, 5) is 35.5. The quantitative estimate of drug-likeness (QED) is 0.257. The van der Waals surface area contributed by atoms with Gasteiger partial charge in [0.05, 0.1) is 10.6 Å². The number of unbranched alkanes of at least 4 members (excludes halogenated alkanes) is 4. The van der Waals surface area contributed by atoms with E-state index in [2.05, 4.69) is 16.6 Å². The summed E-state index contributed by atoms with van der Waals surface area (Å²) < 4.78 is 2.86. The number of carboxylic acids is 1. The molecule has 3 N–H and O–H groups in total. The van der Waals surface area contributed by atoms with Gasteiger partial charge < -0.3 is 10.4 Å². The molecule has 2 amide bonds. The molecule has 2 rings (SSSR count). The van der Waals surface area contributed by atoms with Gasteiger partial charge in [-0.05, 0) is 49.3 Å². The first-order chi connectivity index (χ1) is 13.5. The fourth-order valence-electron chi connectivity index (χ4n) is 2.92. The minimum atomic E-state index is -0.759. The Bertz CT molecular complexity index is 707. The predicted octanol–water partition coefficient (Wildman–Crippen LogP) is 4.39. The lowest BCUT2D eigenvalue weighted by molar-refractivity contribution is -0.137. The van der Waals surface area contributed by atoms with Crippen LogP contribution < -0.4 is 10.0 Å². The Labute approximate surface area is 170 Å². The zero-order chi connectivity index (χ0) is 20.4. The molecule has 1 fully saturated rings. The highest BCUT2D eigenvalue weighted by molar-refractivity contribution is 7.98. The first kappa shape index (κ1) is 22.0. The van der Waals surface area contributed by atoms with E-state index in [1.807, 2.05) is 30.3 Å². The van der Waals surface area contributed by atoms with Gasteiger partial charge in [-0.2, -0.15) is 0 Å². The molecular weight excluding hydrogens is 376 g/mol. The van der Waals surface area contributed by atoms with E-state index in [4.69, 9.17) is 5.11 Å². The van der Waals surface area contributed by atoms with Crippen LogP contribution in [0.2, 0.25) is 0 Å². The van der Waals surface area contributed by atoms with Gasteiger partial charge in [-0.15, -0.1) is 6.58 Å². The van der Waals surface area contributed by atoms with Crippen molar-refractivity contribution < 1.29 is 19.5 Å². The van der Waals surface area contributed by atoms with Gasteiger partial charge in [0.2, 0.25) is 11.8 Å². The highest BCUT2D eigenvalue weighted by Gasteiger charge is 2.40. The average molecular weight is 405 g/mol. The zero-order valence-electron chi connectivity index (χ0n) is 16.0. The van der Waals surface area contributed by atoms with Crippen molar-refractivity contribution >= 4 is 35.4 Å². The summed E-state index contributed by atoms with van der Waals surface area (Å²) in [7, 11) is 0. The third-order valence-corrected chi connectivity index (χ3v) is 5.58. The molecule has 0 aliphatic heterocycles. The normalized spacial score (nSPS) is 17.6. The Morgan fingerprint density at radius 3 is 2.46 bits per heavy atom. The van der Waals surface area contributed by atoms with E-state index in [0.717, 1.165) is 37.0 Å². The molecule has 0 aromatic heterocycles. The number of amides is 2. The van der Waals surface area contributed by atoms with Gasteiger partial charge in [-0.1, -0.05) is 37.5 Å². The number of carbonyl (C=O) groups is 3. The Morgan fingerprint density at radius 2 is 1.79 bits per heavy atom. The van der Waals surface area contributed by atoms with E-state index < -0.39 is 5.97 Å². The van der Waals surface area contributed by atoms with Crippen LogP contribution in [0.5, 0.6) is 0 Å². The van der Waals surface area contributed by atoms with Crippen LogP contribution in [0.1, 0.15) is 51.4 Å². The molecule has 1 aromatic carbocycles. The number of para-hydroxylation sites is 1. The van der Waals surface area contributed by atoms with Crippen LogP contribution in [0.25, 0.3) is 0 Å². The molecule has 1 unspecified atom stereocenters. The summed E-state index contributed by atoms with van der Waals surface area (Å²) in [5, 5.41) is 11.5. The van der Waals surface area contributed by atoms with Crippen molar-refractivity contribution in [1.29, 1.82) is 0 Å². The van der Waals surface area contributed by atoms with Crippen molar-refractivity contribution in [2.24, 2.45) is 11.8 Å². The van der Waals surface area contributed by atoms with Crippen molar-refractivity contribution in [2.75, 3.05) is 5.32 Å². The van der Waals surface area contributed by atoms with Crippen molar-refractivity contribution in [3.63, 3.8) is 0 Å². The van der Waals surface area contributed by atoms with Crippen LogP contribution in [-0.4, -0.2) is 22.9 Å². The molecule has 1 aliphatic carbocycles. The molecule has 0 radical (unpaired) electrons. The van der Waals surface area contributed by atoms with Crippen LogP contribution in [0.4, 0.5) is 5.69 Å². The predicted molar refractivity (Wildman–Crippen MR) is 111 cm³/mol.